The Morgan fingerprint density at radius 1 is 1.10 bits per heavy atom. The summed E-state index contributed by atoms with van der Waals surface area (Å²) in [5, 5.41) is 21.4. The molecule has 0 aliphatic rings. The second-order valence-electron chi connectivity index (χ2n) is 4.12. The molecule has 0 aromatic heterocycles. The highest BCUT2D eigenvalue weighted by atomic mass is 16.5. The van der Waals surface area contributed by atoms with Crippen molar-refractivity contribution in [2.24, 2.45) is 0 Å². The van der Waals surface area contributed by atoms with Crippen molar-refractivity contribution < 1.29 is 29.3 Å². The molecule has 0 bridgehead atoms. The van der Waals surface area contributed by atoms with Crippen molar-refractivity contribution >= 4 is 17.9 Å². The number of hydrogen-bond donors (Lipinski definition) is 0. The maximum absolute atomic E-state index is 11.2. The molecule has 0 unspecified atom stereocenters. The van der Waals surface area contributed by atoms with Crippen LogP contribution in [0.5, 0.6) is 0 Å². The first kappa shape index (κ1) is 15.7. The van der Waals surface area contributed by atoms with Crippen molar-refractivity contribution in [3.05, 3.63) is 35.4 Å². The molecule has 0 N–H and O–H groups in total. The van der Waals surface area contributed by atoms with Crippen LogP contribution in [0.25, 0.3) is 0 Å². The topological polar surface area (TPSA) is 107 Å². The number of carboxylic acid groups (broad SMARTS) is 2. The molecule has 0 fully saturated rings. The van der Waals surface area contributed by atoms with E-state index in [9.17, 15) is 24.6 Å². The van der Waals surface area contributed by atoms with Crippen LogP contribution < -0.4 is 10.2 Å². The van der Waals surface area contributed by atoms with Gasteiger partial charge in [-0.25, -0.2) is 0 Å². The largest absolute Gasteiger partial charge is 0.549 e. The highest BCUT2D eigenvalue weighted by molar-refractivity contribution is 5.97. The normalized spacial score (nSPS) is 10.3. The molecule has 6 heteroatoms. The average Bonchev–Trinajstić information content (AvgIpc) is 2.37. The summed E-state index contributed by atoms with van der Waals surface area (Å²) in [7, 11) is 0. The number of carboxylic acids is 2. The van der Waals surface area contributed by atoms with Crippen molar-refractivity contribution in [1.82, 2.24) is 0 Å². The van der Waals surface area contributed by atoms with E-state index < -0.39 is 17.9 Å². The van der Waals surface area contributed by atoms with Gasteiger partial charge >= 0.3 is 5.97 Å². The lowest BCUT2D eigenvalue weighted by atomic mass is 9.97. The molecule has 6 nitrogen and oxygen atoms in total. The number of aliphatic carboxylic acids is 2. The van der Waals surface area contributed by atoms with Gasteiger partial charge in [0.2, 0.25) is 0 Å². The molecule has 108 valence electrons. The Morgan fingerprint density at radius 2 is 1.65 bits per heavy atom. The fourth-order valence-corrected chi connectivity index (χ4v) is 1.72. The Hall–Kier alpha value is -2.37. The van der Waals surface area contributed by atoms with Crippen LogP contribution in [0.1, 0.15) is 30.4 Å². The lowest BCUT2D eigenvalue weighted by Gasteiger charge is -2.19. The van der Waals surface area contributed by atoms with E-state index in [0.29, 0.717) is 13.0 Å². The predicted octanol–water partition coefficient (Wildman–Crippen LogP) is -1.23. The fourth-order valence-electron chi connectivity index (χ4n) is 1.72. The molecular formula is C14H14O6-2. The Morgan fingerprint density at radius 3 is 2.10 bits per heavy atom. The minimum Gasteiger partial charge on any atom is -0.549 e. The first-order valence-electron chi connectivity index (χ1n) is 6.12. The van der Waals surface area contributed by atoms with Crippen LogP contribution in [0.3, 0.4) is 0 Å². The number of aryl methyl sites for hydroxylation is 1. The molecule has 0 atom stereocenters. The second-order valence-corrected chi connectivity index (χ2v) is 4.12. The van der Waals surface area contributed by atoms with Gasteiger partial charge in [0.25, 0.3) is 0 Å². The number of hydrogen-bond acceptors (Lipinski definition) is 6. The molecule has 1 rings (SSSR count). The van der Waals surface area contributed by atoms with Crippen LogP contribution >= 0.6 is 0 Å². The molecule has 0 aliphatic heterocycles. The van der Waals surface area contributed by atoms with Crippen molar-refractivity contribution in [2.45, 2.75) is 25.7 Å². The Bertz CT molecular complexity index is 477. The Balaban J connectivity index is 2.71. The number of benzene rings is 1. The number of carbonyl (C=O) groups is 3. The number of esters is 1. The number of carbonyl (C=O) groups excluding carboxylic acids is 3. The van der Waals surface area contributed by atoms with Crippen molar-refractivity contribution in [3.8, 4) is 0 Å². The van der Waals surface area contributed by atoms with Gasteiger partial charge in [-0.15, -0.1) is 0 Å². The summed E-state index contributed by atoms with van der Waals surface area (Å²) in [6.45, 7) is 2.03. The molecule has 0 saturated carbocycles. The summed E-state index contributed by atoms with van der Waals surface area (Å²) in [6, 6.07) is 5.87. The van der Waals surface area contributed by atoms with Crippen LogP contribution in [-0.4, -0.2) is 24.5 Å². The number of ether oxygens (including phenoxy) is 1. The highest BCUT2D eigenvalue weighted by Gasteiger charge is 2.14. The Labute approximate surface area is 116 Å². The summed E-state index contributed by atoms with van der Waals surface area (Å²) in [6.07, 6.45) is 0.637. The van der Waals surface area contributed by atoms with E-state index in [4.69, 9.17) is 4.74 Å². The van der Waals surface area contributed by atoms with Gasteiger partial charge in [-0.05, 0) is 24.5 Å². The zero-order valence-electron chi connectivity index (χ0n) is 11.0. The van der Waals surface area contributed by atoms with E-state index in [1.54, 1.807) is 19.1 Å². The molecule has 1 aromatic rings. The minimum absolute atomic E-state index is 0.0740. The summed E-state index contributed by atoms with van der Waals surface area (Å²) in [5.41, 5.74) is 0.849. The van der Waals surface area contributed by atoms with Crippen LogP contribution in [0.4, 0.5) is 0 Å². The summed E-state index contributed by atoms with van der Waals surface area (Å²) in [4.78, 5) is 32.6. The number of rotatable bonds is 7. The van der Waals surface area contributed by atoms with Crippen molar-refractivity contribution in [1.29, 1.82) is 0 Å². The molecule has 0 spiro atoms. The van der Waals surface area contributed by atoms with Gasteiger partial charge in [0, 0.05) is 6.42 Å². The van der Waals surface area contributed by atoms with E-state index in [0.717, 1.165) is 5.56 Å². The van der Waals surface area contributed by atoms with E-state index >= 15 is 0 Å². The maximum atomic E-state index is 11.2. The molecule has 20 heavy (non-hydrogen) atoms. The molecule has 0 radical (unpaired) electrons. The quantitative estimate of drug-likeness (QED) is 0.456. The van der Waals surface area contributed by atoms with E-state index in [1.807, 2.05) is 0 Å². The standard InChI is InChI=1S/C14H16O6/c1-2-20-11(15)8-5-9-3-6-10(7-4-9)12(13(16)17)14(18)19/h3-4,6-7,12H,2,5,8H2,1H3,(H,16,17)(H,18,19)/p-2. The van der Waals surface area contributed by atoms with Crippen molar-refractivity contribution in [2.75, 3.05) is 6.61 Å². The van der Waals surface area contributed by atoms with Gasteiger partial charge in [0.15, 0.2) is 0 Å². The van der Waals surface area contributed by atoms with Crippen LogP contribution in [0.2, 0.25) is 0 Å². The maximum Gasteiger partial charge on any atom is 0.306 e. The van der Waals surface area contributed by atoms with Gasteiger partial charge < -0.3 is 24.5 Å². The van der Waals surface area contributed by atoms with Gasteiger partial charge in [-0.2, -0.15) is 0 Å². The SMILES string of the molecule is CCOC(=O)CCc1ccc(C(C(=O)[O-])C(=O)[O-])cc1. The zero-order chi connectivity index (χ0) is 15.1. The van der Waals surface area contributed by atoms with Crippen LogP contribution in [0.15, 0.2) is 24.3 Å². The minimum atomic E-state index is -1.80. The summed E-state index contributed by atoms with van der Waals surface area (Å²) in [5.74, 6) is -5.55. The lowest BCUT2D eigenvalue weighted by molar-refractivity contribution is -0.326. The van der Waals surface area contributed by atoms with Crippen LogP contribution in [-0.2, 0) is 25.5 Å². The second kappa shape index (κ2) is 7.28. The molecule has 0 aliphatic carbocycles. The van der Waals surface area contributed by atoms with E-state index in [-0.39, 0.29) is 18.0 Å². The molecule has 0 amide bonds. The lowest BCUT2D eigenvalue weighted by Crippen LogP contribution is -2.41. The predicted molar refractivity (Wildman–Crippen MR) is 64.2 cm³/mol. The molecule has 1 aromatic carbocycles. The zero-order valence-corrected chi connectivity index (χ0v) is 11.0. The third-order valence-electron chi connectivity index (χ3n) is 2.71. The fraction of sp³-hybridized carbons (Fsp3) is 0.357. The average molecular weight is 278 g/mol. The monoisotopic (exact) mass is 278 g/mol. The van der Waals surface area contributed by atoms with Gasteiger partial charge in [0.1, 0.15) is 0 Å². The van der Waals surface area contributed by atoms with Gasteiger partial charge in [-0.1, -0.05) is 24.3 Å². The molecule has 0 heterocycles. The first-order valence-corrected chi connectivity index (χ1v) is 6.12. The first-order chi connectivity index (χ1) is 9.45. The third kappa shape index (κ3) is 4.38. The van der Waals surface area contributed by atoms with E-state index in [1.165, 1.54) is 12.1 Å². The smallest absolute Gasteiger partial charge is 0.306 e. The summed E-state index contributed by atoms with van der Waals surface area (Å²) < 4.78 is 4.78. The van der Waals surface area contributed by atoms with Crippen molar-refractivity contribution in [3.63, 3.8) is 0 Å². The summed E-state index contributed by atoms with van der Waals surface area (Å²) >= 11 is 0. The Kier molecular flexibility index (Phi) is 5.71. The highest BCUT2D eigenvalue weighted by Crippen LogP contribution is 2.16. The molecule has 0 saturated heterocycles. The molecular weight excluding hydrogens is 264 g/mol. The van der Waals surface area contributed by atoms with Gasteiger partial charge in [-0.3, -0.25) is 4.79 Å². The van der Waals surface area contributed by atoms with E-state index in [2.05, 4.69) is 0 Å². The van der Waals surface area contributed by atoms with Gasteiger partial charge in [0.05, 0.1) is 24.5 Å². The van der Waals surface area contributed by atoms with Crippen LogP contribution in [0, 0.1) is 0 Å². The third-order valence-corrected chi connectivity index (χ3v) is 2.71.